The van der Waals surface area contributed by atoms with Crippen molar-refractivity contribution in [2.45, 2.75) is 6.92 Å². The lowest BCUT2D eigenvalue weighted by Gasteiger charge is -2.29. The molecule has 2 heterocycles. The Morgan fingerprint density at radius 1 is 0.484 bits per heavy atom. The van der Waals surface area contributed by atoms with Gasteiger partial charge in [0, 0.05) is 38.8 Å². The van der Waals surface area contributed by atoms with E-state index in [-0.39, 0.29) is 0 Å². The van der Waals surface area contributed by atoms with Crippen molar-refractivity contribution in [3.05, 3.63) is 248 Å². The van der Waals surface area contributed by atoms with Crippen molar-refractivity contribution in [2.75, 3.05) is 4.90 Å². The highest BCUT2D eigenvalue weighted by atomic mass is 15.2. The number of rotatable bonds is 9. The van der Waals surface area contributed by atoms with Crippen LogP contribution in [0.25, 0.3) is 77.6 Å². The molecule has 11 aromatic rings. The third kappa shape index (κ3) is 6.14. The van der Waals surface area contributed by atoms with Crippen LogP contribution in [0.3, 0.4) is 0 Å². The van der Waals surface area contributed by atoms with Gasteiger partial charge in [0.25, 0.3) is 0 Å². The first-order valence-electron chi connectivity index (χ1n) is 21.2. The quantitative estimate of drug-likeness (QED) is 0.142. The van der Waals surface area contributed by atoms with Crippen LogP contribution < -0.4 is 4.90 Å². The summed E-state index contributed by atoms with van der Waals surface area (Å²) in [5.74, 6) is 0. The van der Waals surface area contributed by atoms with E-state index in [9.17, 15) is 0 Å². The monoisotopic (exact) mass is 793 g/mol. The molecule has 0 saturated heterocycles. The van der Waals surface area contributed by atoms with Gasteiger partial charge in [-0.25, -0.2) is 0 Å². The summed E-state index contributed by atoms with van der Waals surface area (Å²) in [5, 5.41) is 6.13. The Hall–Kier alpha value is -8.14. The summed E-state index contributed by atoms with van der Waals surface area (Å²) in [7, 11) is 0. The molecule has 0 saturated carbocycles. The van der Waals surface area contributed by atoms with Crippen molar-refractivity contribution in [1.29, 1.82) is 0 Å². The van der Waals surface area contributed by atoms with Gasteiger partial charge in [-0.1, -0.05) is 170 Å². The summed E-state index contributed by atoms with van der Waals surface area (Å²) in [5.41, 5.74) is 15.4. The molecule has 0 bridgehead atoms. The molecule has 3 heteroatoms. The van der Waals surface area contributed by atoms with Crippen LogP contribution in [-0.2, 0) is 0 Å². The summed E-state index contributed by atoms with van der Waals surface area (Å²) in [6.45, 7) is 6.97. The predicted octanol–water partition coefficient (Wildman–Crippen LogP) is 16.1. The maximum atomic E-state index is 4.88. The fourth-order valence-corrected chi connectivity index (χ4v) is 9.43. The maximum absolute atomic E-state index is 4.88. The zero-order chi connectivity index (χ0) is 41.6. The van der Waals surface area contributed by atoms with Crippen LogP contribution in [0.5, 0.6) is 0 Å². The van der Waals surface area contributed by atoms with Crippen molar-refractivity contribution in [2.24, 2.45) is 0 Å². The molecule has 0 amide bonds. The number of aromatic nitrogens is 2. The van der Waals surface area contributed by atoms with Gasteiger partial charge in [-0.2, -0.15) is 0 Å². The first kappa shape index (κ1) is 36.9. The highest BCUT2D eigenvalue weighted by Crippen LogP contribution is 2.44. The number of hydrogen-bond acceptors (Lipinski definition) is 1. The maximum Gasteiger partial charge on any atom is 0.0702 e. The normalized spacial score (nSPS) is 11.6. The summed E-state index contributed by atoms with van der Waals surface area (Å²) in [4.78, 5) is 2.40. The molecule has 0 atom stereocenters. The van der Waals surface area contributed by atoms with Crippen LogP contribution in [-0.4, -0.2) is 9.13 Å². The molecule has 2 aromatic heterocycles. The molecule has 0 aliphatic heterocycles. The third-order valence-electron chi connectivity index (χ3n) is 12.2. The van der Waals surface area contributed by atoms with E-state index < -0.39 is 0 Å². The Labute approximate surface area is 362 Å². The molecular formula is C59H43N3. The molecule has 11 rings (SSSR count). The van der Waals surface area contributed by atoms with Gasteiger partial charge in [0.2, 0.25) is 0 Å². The van der Waals surface area contributed by atoms with E-state index in [4.69, 9.17) is 6.58 Å². The molecular weight excluding hydrogens is 751 g/mol. The summed E-state index contributed by atoms with van der Waals surface area (Å²) >= 11 is 0. The molecule has 0 spiro atoms. The average Bonchev–Trinajstić information content (AvgIpc) is 3.85. The Kier molecular flexibility index (Phi) is 9.21. The number of anilines is 3. The van der Waals surface area contributed by atoms with Crippen LogP contribution in [0, 0.1) is 0 Å². The van der Waals surface area contributed by atoms with E-state index in [0.717, 1.165) is 56.3 Å². The molecule has 294 valence electrons. The van der Waals surface area contributed by atoms with E-state index in [1.807, 2.05) is 0 Å². The minimum Gasteiger partial charge on any atom is -0.309 e. The fourth-order valence-electron chi connectivity index (χ4n) is 9.43. The van der Waals surface area contributed by atoms with E-state index in [1.54, 1.807) is 0 Å². The Morgan fingerprint density at radius 3 is 1.79 bits per heavy atom. The number of nitrogens with zero attached hydrogens (tertiary/aromatic N) is 3. The molecule has 3 nitrogen and oxygen atoms in total. The van der Waals surface area contributed by atoms with E-state index in [0.29, 0.717) is 0 Å². The van der Waals surface area contributed by atoms with Gasteiger partial charge in [0.1, 0.15) is 0 Å². The standard InChI is InChI=1S/C59H43N3/c1-3-19-53-52-29-11-12-31-54(52)61(45-23-5-4-6-24-45)59(53)41(2)44-22-17-25-47(40-44)60(46-38-36-43(37-39-46)49-30-18-21-42-20-7-8-26-48(42)49)57-34-15-16-35-58(57)62-55-32-13-9-27-50(55)51-28-10-14-33-56(51)62/h3-40H,2H2,1H3/b19-3-. The molecule has 62 heavy (non-hydrogen) atoms. The van der Waals surface area contributed by atoms with Gasteiger partial charge in [-0.15, -0.1) is 0 Å². The second-order valence-electron chi connectivity index (χ2n) is 15.7. The summed E-state index contributed by atoms with van der Waals surface area (Å²) in [6.07, 6.45) is 4.34. The van der Waals surface area contributed by atoms with Crippen LogP contribution in [0.2, 0.25) is 0 Å². The topological polar surface area (TPSA) is 13.1 Å². The van der Waals surface area contributed by atoms with Crippen LogP contribution in [0.15, 0.2) is 231 Å². The van der Waals surface area contributed by atoms with E-state index in [1.165, 1.54) is 49.1 Å². The average molecular weight is 794 g/mol. The fraction of sp³-hybridized carbons (Fsp3) is 0.0169. The molecule has 0 unspecified atom stereocenters. The first-order chi connectivity index (χ1) is 30.7. The lowest BCUT2D eigenvalue weighted by Crippen LogP contribution is -2.13. The molecule has 0 aliphatic rings. The minimum absolute atomic E-state index is 0.946. The number of allylic oxidation sites excluding steroid dienone is 1. The van der Waals surface area contributed by atoms with E-state index in [2.05, 4.69) is 251 Å². The Morgan fingerprint density at radius 2 is 1.06 bits per heavy atom. The van der Waals surface area contributed by atoms with E-state index >= 15 is 0 Å². The SMILES string of the molecule is C=C(c1cccc(N(c2ccc(-c3cccc4ccccc34)cc2)c2ccccc2-n2c3ccccc3c3ccccc32)c1)c1c(/C=C\C)c2ccccc2n1-c1ccccc1. The number of hydrogen-bond donors (Lipinski definition) is 0. The highest BCUT2D eigenvalue weighted by molar-refractivity contribution is 6.10. The summed E-state index contributed by atoms with van der Waals surface area (Å²) in [6, 6.07) is 78.6. The predicted molar refractivity (Wildman–Crippen MR) is 265 cm³/mol. The van der Waals surface area contributed by atoms with Gasteiger partial charge in [0.15, 0.2) is 0 Å². The largest absolute Gasteiger partial charge is 0.309 e. The van der Waals surface area contributed by atoms with Crippen LogP contribution in [0.4, 0.5) is 17.1 Å². The molecule has 0 N–H and O–H groups in total. The lowest BCUT2D eigenvalue weighted by atomic mass is 9.97. The molecule has 0 radical (unpaired) electrons. The summed E-state index contributed by atoms with van der Waals surface area (Å²) < 4.78 is 4.78. The Balaban J connectivity index is 1.12. The molecule has 9 aromatic carbocycles. The Bertz CT molecular complexity index is 3430. The smallest absolute Gasteiger partial charge is 0.0702 e. The van der Waals surface area contributed by atoms with Gasteiger partial charge >= 0.3 is 0 Å². The zero-order valence-electron chi connectivity index (χ0n) is 34.5. The van der Waals surface area contributed by atoms with Gasteiger partial charge in [0.05, 0.1) is 33.6 Å². The minimum atomic E-state index is 0.946. The number of para-hydroxylation sites is 6. The number of fused-ring (bicyclic) bond motifs is 5. The van der Waals surface area contributed by atoms with Crippen molar-refractivity contribution in [1.82, 2.24) is 9.13 Å². The van der Waals surface area contributed by atoms with Gasteiger partial charge in [-0.3, -0.25) is 0 Å². The van der Waals surface area contributed by atoms with Crippen LogP contribution >= 0.6 is 0 Å². The van der Waals surface area contributed by atoms with Crippen molar-refractivity contribution >= 4 is 72.2 Å². The van der Waals surface area contributed by atoms with Gasteiger partial charge in [-0.05, 0) is 107 Å². The zero-order valence-corrected chi connectivity index (χ0v) is 34.5. The van der Waals surface area contributed by atoms with Crippen molar-refractivity contribution in [3.8, 4) is 22.5 Å². The second kappa shape index (κ2) is 15.5. The third-order valence-corrected chi connectivity index (χ3v) is 12.2. The lowest BCUT2D eigenvalue weighted by molar-refractivity contribution is 1.09. The first-order valence-corrected chi connectivity index (χ1v) is 21.2. The van der Waals surface area contributed by atoms with Crippen molar-refractivity contribution in [3.63, 3.8) is 0 Å². The highest BCUT2D eigenvalue weighted by Gasteiger charge is 2.23. The molecule has 0 fully saturated rings. The van der Waals surface area contributed by atoms with Gasteiger partial charge < -0.3 is 14.0 Å². The van der Waals surface area contributed by atoms with Crippen LogP contribution in [0.1, 0.15) is 23.7 Å². The second-order valence-corrected chi connectivity index (χ2v) is 15.7. The molecule has 0 aliphatic carbocycles. The number of benzene rings is 9. The van der Waals surface area contributed by atoms with Crippen molar-refractivity contribution < 1.29 is 0 Å².